The van der Waals surface area contributed by atoms with Crippen molar-refractivity contribution >= 4 is 29.1 Å². The van der Waals surface area contributed by atoms with E-state index in [0.29, 0.717) is 27.7 Å². The number of likely N-dealkylation sites (tertiary alicyclic amines) is 1. The van der Waals surface area contributed by atoms with Crippen molar-refractivity contribution in [2.75, 3.05) is 7.11 Å². The zero-order valence-corrected chi connectivity index (χ0v) is 16.8. The summed E-state index contributed by atoms with van der Waals surface area (Å²) in [6.07, 6.45) is 1.50. The Bertz CT molecular complexity index is 1100. The SMILES string of the molecule is COc1ccc(/C(O)=C2\C(=O)C(=O)N(Cc3ccco3)[C@@H]2c2ccc(Cl)cc2)cc1. The van der Waals surface area contributed by atoms with Gasteiger partial charge >= 0.3 is 0 Å². The molecule has 0 bridgehead atoms. The number of ether oxygens (including phenoxy) is 1. The van der Waals surface area contributed by atoms with E-state index < -0.39 is 17.7 Å². The van der Waals surface area contributed by atoms with E-state index in [0.717, 1.165) is 0 Å². The van der Waals surface area contributed by atoms with Gasteiger partial charge in [-0.05, 0) is 54.1 Å². The summed E-state index contributed by atoms with van der Waals surface area (Å²) in [5.41, 5.74) is 1.07. The summed E-state index contributed by atoms with van der Waals surface area (Å²) in [7, 11) is 1.54. The summed E-state index contributed by atoms with van der Waals surface area (Å²) in [5.74, 6) is -0.575. The van der Waals surface area contributed by atoms with E-state index in [9.17, 15) is 14.7 Å². The minimum atomic E-state index is -0.783. The van der Waals surface area contributed by atoms with Gasteiger partial charge in [0.05, 0.1) is 31.5 Å². The Kier molecular flexibility index (Phi) is 5.33. The van der Waals surface area contributed by atoms with Gasteiger partial charge < -0.3 is 19.2 Å². The number of furan rings is 1. The van der Waals surface area contributed by atoms with E-state index in [1.165, 1.54) is 18.3 Å². The van der Waals surface area contributed by atoms with Crippen LogP contribution in [0, 0.1) is 0 Å². The third kappa shape index (κ3) is 3.57. The Hall–Kier alpha value is -3.51. The molecule has 2 heterocycles. The highest BCUT2D eigenvalue weighted by molar-refractivity contribution is 6.46. The van der Waals surface area contributed by atoms with Crippen molar-refractivity contribution in [2.24, 2.45) is 0 Å². The molecule has 1 N–H and O–H groups in total. The van der Waals surface area contributed by atoms with Gasteiger partial charge in [0.25, 0.3) is 11.7 Å². The maximum atomic E-state index is 12.9. The summed E-state index contributed by atoms with van der Waals surface area (Å²) >= 11 is 6.01. The highest BCUT2D eigenvalue weighted by Crippen LogP contribution is 2.40. The van der Waals surface area contributed by atoms with Crippen molar-refractivity contribution < 1.29 is 23.8 Å². The minimum absolute atomic E-state index is 0.0130. The quantitative estimate of drug-likeness (QED) is 0.369. The van der Waals surface area contributed by atoms with Gasteiger partial charge in [-0.25, -0.2) is 0 Å². The molecule has 0 saturated carbocycles. The van der Waals surface area contributed by atoms with Gasteiger partial charge in [-0.3, -0.25) is 9.59 Å². The number of ketones is 1. The first-order valence-corrected chi connectivity index (χ1v) is 9.58. The summed E-state index contributed by atoms with van der Waals surface area (Å²) in [6.45, 7) is 0.0876. The average Bonchev–Trinajstić information content (AvgIpc) is 3.36. The number of carbonyl (C=O) groups is 2. The van der Waals surface area contributed by atoms with E-state index in [1.54, 1.807) is 60.7 Å². The van der Waals surface area contributed by atoms with Crippen molar-refractivity contribution in [2.45, 2.75) is 12.6 Å². The molecule has 1 amide bonds. The van der Waals surface area contributed by atoms with Crippen molar-refractivity contribution in [1.29, 1.82) is 0 Å². The lowest BCUT2D eigenvalue weighted by atomic mass is 9.95. The van der Waals surface area contributed by atoms with Crippen molar-refractivity contribution in [3.8, 4) is 5.75 Å². The van der Waals surface area contributed by atoms with Crippen LogP contribution >= 0.6 is 11.6 Å². The average molecular weight is 424 g/mol. The standard InChI is InChI=1S/C23H18ClNO5/c1-29-17-10-6-15(7-11-17)21(26)19-20(14-4-8-16(24)9-5-14)25(23(28)22(19)27)13-18-3-2-12-30-18/h2-12,20,26H,13H2,1H3/b21-19+/t20-/m1/s1. The molecule has 1 fully saturated rings. The number of carbonyl (C=O) groups excluding carboxylic acids is 2. The normalized spacial score (nSPS) is 18.1. The molecule has 1 aliphatic rings. The highest BCUT2D eigenvalue weighted by atomic mass is 35.5. The number of nitrogens with zero attached hydrogens (tertiary/aromatic N) is 1. The second kappa shape index (κ2) is 8.08. The topological polar surface area (TPSA) is 80.0 Å². The van der Waals surface area contributed by atoms with Crippen LogP contribution in [-0.2, 0) is 16.1 Å². The first kappa shape index (κ1) is 19.8. The maximum absolute atomic E-state index is 12.9. The number of hydrogen-bond acceptors (Lipinski definition) is 5. The zero-order valence-electron chi connectivity index (χ0n) is 16.0. The fourth-order valence-electron chi connectivity index (χ4n) is 3.51. The van der Waals surface area contributed by atoms with Crippen LogP contribution in [0.2, 0.25) is 5.02 Å². The van der Waals surface area contributed by atoms with Crippen molar-refractivity contribution in [1.82, 2.24) is 4.90 Å². The van der Waals surface area contributed by atoms with Crippen LogP contribution in [0.4, 0.5) is 0 Å². The molecule has 1 atom stereocenters. The molecule has 7 heteroatoms. The van der Waals surface area contributed by atoms with Crippen molar-refractivity contribution in [3.63, 3.8) is 0 Å². The zero-order chi connectivity index (χ0) is 21.3. The minimum Gasteiger partial charge on any atom is -0.507 e. The lowest BCUT2D eigenvalue weighted by Gasteiger charge is -2.24. The number of aliphatic hydroxyl groups is 1. The molecule has 3 aromatic rings. The Morgan fingerprint density at radius 2 is 1.80 bits per heavy atom. The Labute approximate surface area is 177 Å². The van der Waals surface area contributed by atoms with Crippen LogP contribution in [0.1, 0.15) is 22.9 Å². The fourth-order valence-corrected chi connectivity index (χ4v) is 3.64. The lowest BCUT2D eigenvalue weighted by molar-refractivity contribution is -0.140. The van der Waals surface area contributed by atoms with Crippen LogP contribution in [0.25, 0.3) is 5.76 Å². The predicted molar refractivity (Wildman–Crippen MR) is 111 cm³/mol. The monoisotopic (exact) mass is 423 g/mol. The van der Waals surface area contributed by atoms with Crippen molar-refractivity contribution in [3.05, 3.63) is 94.4 Å². The number of halogens is 1. The molecule has 4 rings (SSSR count). The summed E-state index contributed by atoms with van der Waals surface area (Å²) < 4.78 is 10.5. The summed E-state index contributed by atoms with van der Waals surface area (Å²) in [6, 6.07) is 16.1. The van der Waals surface area contributed by atoms with Crippen LogP contribution in [0.15, 0.2) is 76.9 Å². The number of methoxy groups -OCH3 is 1. The molecule has 1 aliphatic heterocycles. The third-order valence-corrected chi connectivity index (χ3v) is 5.25. The number of hydrogen-bond donors (Lipinski definition) is 1. The molecule has 0 unspecified atom stereocenters. The third-order valence-electron chi connectivity index (χ3n) is 5.00. The van der Waals surface area contributed by atoms with Crippen LogP contribution in [-0.4, -0.2) is 28.8 Å². The number of benzene rings is 2. The van der Waals surface area contributed by atoms with Gasteiger partial charge in [-0.1, -0.05) is 23.7 Å². The molecular weight excluding hydrogens is 406 g/mol. The second-order valence-corrected chi connectivity index (χ2v) is 7.22. The number of rotatable bonds is 5. The van der Waals surface area contributed by atoms with Crippen LogP contribution in [0.3, 0.4) is 0 Å². The molecule has 30 heavy (non-hydrogen) atoms. The predicted octanol–water partition coefficient (Wildman–Crippen LogP) is 4.56. The molecule has 0 spiro atoms. The van der Waals surface area contributed by atoms with Gasteiger partial charge in [0.15, 0.2) is 0 Å². The molecule has 152 valence electrons. The summed E-state index contributed by atoms with van der Waals surface area (Å²) in [5, 5.41) is 11.5. The van der Waals surface area contributed by atoms with Gasteiger partial charge in [-0.15, -0.1) is 0 Å². The molecule has 0 aliphatic carbocycles. The van der Waals surface area contributed by atoms with E-state index in [2.05, 4.69) is 0 Å². The first-order valence-electron chi connectivity index (χ1n) is 9.20. The van der Waals surface area contributed by atoms with E-state index in [4.69, 9.17) is 20.8 Å². The van der Waals surface area contributed by atoms with E-state index >= 15 is 0 Å². The fraction of sp³-hybridized carbons (Fsp3) is 0.130. The number of Topliss-reactive ketones (excluding diaryl/α,β-unsaturated/α-hetero) is 1. The molecule has 0 radical (unpaired) electrons. The van der Waals surface area contributed by atoms with Crippen LogP contribution in [0.5, 0.6) is 5.75 Å². The highest BCUT2D eigenvalue weighted by Gasteiger charge is 2.46. The number of amides is 1. The van der Waals surface area contributed by atoms with Gasteiger partial charge in [-0.2, -0.15) is 0 Å². The Morgan fingerprint density at radius 3 is 2.40 bits per heavy atom. The van der Waals surface area contributed by atoms with Gasteiger partial charge in [0.2, 0.25) is 0 Å². The molecule has 6 nitrogen and oxygen atoms in total. The van der Waals surface area contributed by atoms with Crippen LogP contribution < -0.4 is 4.74 Å². The first-order chi connectivity index (χ1) is 14.5. The Morgan fingerprint density at radius 1 is 1.10 bits per heavy atom. The number of aliphatic hydroxyl groups excluding tert-OH is 1. The van der Waals surface area contributed by atoms with E-state index in [-0.39, 0.29) is 17.9 Å². The van der Waals surface area contributed by atoms with E-state index in [1.807, 2.05) is 0 Å². The second-order valence-electron chi connectivity index (χ2n) is 6.79. The smallest absolute Gasteiger partial charge is 0.296 e. The maximum Gasteiger partial charge on any atom is 0.296 e. The molecule has 2 aromatic carbocycles. The summed E-state index contributed by atoms with van der Waals surface area (Å²) in [4.78, 5) is 27.2. The lowest BCUT2D eigenvalue weighted by Crippen LogP contribution is -2.29. The molecular formula is C23H18ClNO5. The molecule has 1 saturated heterocycles. The Balaban J connectivity index is 1.84. The van der Waals surface area contributed by atoms with Gasteiger partial charge in [0, 0.05) is 10.6 Å². The van der Waals surface area contributed by atoms with Gasteiger partial charge in [0.1, 0.15) is 17.3 Å². The molecule has 1 aromatic heterocycles. The largest absolute Gasteiger partial charge is 0.507 e.